The third kappa shape index (κ3) is 3.77. The third-order valence-electron chi connectivity index (χ3n) is 5.19. The number of hydrogen-bond acceptors (Lipinski definition) is 5. The number of nitrogens with zero attached hydrogens (tertiary/aromatic N) is 2. The Kier molecular flexibility index (Phi) is 5.38. The van der Waals surface area contributed by atoms with E-state index in [0.717, 1.165) is 31.4 Å². The van der Waals surface area contributed by atoms with Crippen molar-refractivity contribution in [3.8, 4) is 0 Å². The highest BCUT2D eigenvalue weighted by Gasteiger charge is 2.33. The highest BCUT2D eigenvalue weighted by atomic mass is 32.2. The van der Waals surface area contributed by atoms with Crippen molar-refractivity contribution < 1.29 is 27.5 Å². The van der Waals surface area contributed by atoms with Crippen molar-refractivity contribution in [3.63, 3.8) is 0 Å². The average Bonchev–Trinajstić information content (AvgIpc) is 3.07. The van der Waals surface area contributed by atoms with Gasteiger partial charge in [0.05, 0.1) is 16.8 Å². The molecule has 1 amide bonds. The molecule has 0 aromatic heterocycles. The molecule has 1 saturated heterocycles. The highest BCUT2D eigenvalue weighted by molar-refractivity contribution is 7.87. The van der Waals surface area contributed by atoms with Crippen LogP contribution in [0.3, 0.4) is 0 Å². The van der Waals surface area contributed by atoms with Gasteiger partial charge in [-0.25, -0.2) is 13.9 Å². The molecule has 2 aliphatic rings. The molecule has 1 aliphatic heterocycles. The van der Waals surface area contributed by atoms with Gasteiger partial charge in [-0.2, -0.15) is 12.7 Å². The van der Waals surface area contributed by atoms with Gasteiger partial charge in [0.1, 0.15) is 0 Å². The smallest absolute Gasteiger partial charge is 0.338 e. The lowest BCUT2D eigenvalue weighted by Crippen LogP contribution is -2.43. The minimum Gasteiger partial charge on any atom is -0.478 e. The summed E-state index contributed by atoms with van der Waals surface area (Å²) in [4.78, 5) is 25.4. The van der Waals surface area contributed by atoms with Crippen molar-refractivity contribution in [1.82, 2.24) is 9.03 Å². The molecule has 0 bridgehead atoms. The largest absolute Gasteiger partial charge is 0.478 e. The Labute approximate surface area is 157 Å². The second kappa shape index (κ2) is 7.43. The van der Waals surface area contributed by atoms with Gasteiger partial charge in [-0.15, -0.1) is 0 Å². The molecule has 1 saturated carbocycles. The van der Waals surface area contributed by atoms with E-state index in [1.807, 2.05) is 4.72 Å². The summed E-state index contributed by atoms with van der Waals surface area (Å²) in [5.74, 6) is -3.46. The maximum Gasteiger partial charge on any atom is 0.338 e. The fraction of sp³-hybridized carbons (Fsp3) is 0.529. The van der Waals surface area contributed by atoms with Gasteiger partial charge in [0.15, 0.2) is 5.82 Å². The van der Waals surface area contributed by atoms with E-state index in [0.29, 0.717) is 25.9 Å². The Morgan fingerprint density at radius 2 is 1.78 bits per heavy atom. The highest BCUT2D eigenvalue weighted by Crippen LogP contribution is 2.34. The number of carboxylic acid groups (broad SMARTS) is 1. The number of nitrogens with one attached hydrogen (secondary N) is 1. The molecule has 0 radical (unpaired) electrons. The maximum absolute atomic E-state index is 14.9. The maximum atomic E-state index is 14.9. The van der Waals surface area contributed by atoms with Crippen LogP contribution in [0.4, 0.5) is 10.1 Å². The molecule has 8 nitrogen and oxygen atoms in total. The lowest BCUT2D eigenvalue weighted by molar-refractivity contribution is 0.0691. The van der Waals surface area contributed by atoms with Gasteiger partial charge >= 0.3 is 16.2 Å². The number of halogens is 1. The number of amides is 1. The second-order valence-corrected chi connectivity index (χ2v) is 8.54. The molecule has 148 valence electrons. The predicted molar refractivity (Wildman–Crippen MR) is 96.6 cm³/mol. The van der Waals surface area contributed by atoms with Crippen LogP contribution in [0.5, 0.6) is 0 Å². The minimum absolute atomic E-state index is 0.0229. The number of carbonyl (C=O) groups is 2. The van der Waals surface area contributed by atoms with Crippen molar-refractivity contribution in [1.29, 1.82) is 0 Å². The van der Waals surface area contributed by atoms with Crippen LogP contribution in [0.15, 0.2) is 12.1 Å². The number of carboxylic acids is 1. The van der Waals surface area contributed by atoms with Crippen LogP contribution in [0.1, 0.15) is 52.8 Å². The second-order valence-electron chi connectivity index (χ2n) is 6.87. The summed E-state index contributed by atoms with van der Waals surface area (Å²) < 4.78 is 42.7. The van der Waals surface area contributed by atoms with Crippen LogP contribution in [-0.4, -0.2) is 55.9 Å². The number of benzene rings is 1. The summed E-state index contributed by atoms with van der Waals surface area (Å²) >= 11 is 0. The molecule has 0 spiro atoms. The Bertz CT molecular complexity index is 864. The molecule has 3 rings (SSSR count). The number of hydrogen-bond donors (Lipinski definition) is 2. The predicted octanol–water partition coefficient (Wildman–Crippen LogP) is 1.58. The Hall–Kier alpha value is -2.20. The van der Waals surface area contributed by atoms with Gasteiger partial charge in [0.25, 0.3) is 5.91 Å². The fourth-order valence-electron chi connectivity index (χ4n) is 3.38. The SMILES string of the molecule is CN(c1c(C(=O)NS(=O)(=O)N2CCCC2)ccc(C(=O)O)c1F)C1CCC1. The van der Waals surface area contributed by atoms with Crippen molar-refractivity contribution in [2.45, 2.75) is 38.1 Å². The molecule has 2 N–H and O–H groups in total. The van der Waals surface area contributed by atoms with Crippen molar-refractivity contribution in [2.24, 2.45) is 0 Å². The van der Waals surface area contributed by atoms with Gasteiger partial charge in [-0.3, -0.25) is 4.79 Å². The third-order valence-corrected chi connectivity index (χ3v) is 6.68. The van der Waals surface area contributed by atoms with Crippen molar-refractivity contribution in [3.05, 3.63) is 29.1 Å². The molecular weight excluding hydrogens is 377 g/mol. The molecule has 1 heterocycles. The topological polar surface area (TPSA) is 107 Å². The first kappa shape index (κ1) is 19.6. The van der Waals surface area contributed by atoms with E-state index in [9.17, 15) is 27.5 Å². The van der Waals surface area contributed by atoms with Gasteiger partial charge in [-0.1, -0.05) is 0 Å². The lowest BCUT2D eigenvalue weighted by atomic mass is 9.90. The monoisotopic (exact) mass is 399 g/mol. The van der Waals surface area contributed by atoms with Crippen LogP contribution >= 0.6 is 0 Å². The molecule has 27 heavy (non-hydrogen) atoms. The zero-order valence-electron chi connectivity index (χ0n) is 14.9. The Balaban J connectivity index is 1.97. The van der Waals surface area contributed by atoms with Crippen LogP contribution in [-0.2, 0) is 10.2 Å². The van der Waals surface area contributed by atoms with Crippen molar-refractivity contribution in [2.75, 3.05) is 25.0 Å². The summed E-state index contributed by atoms with van der Waals surface area (Å²) in [5.41, 5.74) is -0.946. The molecule has 1 aliphatic carbocycles. The first-order valence-corrected chi connectivity index (χ1v) is 10.3. The first-order valence-electron chi connectivity index (χ1n) is 8.83. The quantitative estimate of drug-likeness (QED) is 0.752. The molecule has 10 heteroatoms. The van der Waals surface area contributed by atoms with Gasteiger partial charge in [-0.05, 0) is 44.2 Å². The van der Waals surface area contributed by atoms with Gasteiger partial charge in [0.2, 0.25) is 0 Å². The van der Waals surface area contributed by atoms with E-state index in [2.05, 4.69) is 0 Å². The van der Waals surface area contributed by atoms with E-state index in [1.165, 1.54) is 9.21 Å². The van der Waals surface area contributed by atoms with Gasteiger partial charge < -0.3 is 10.0 Å². The molecule has 2 fully saturated rings. The first-order chi connectivity index (χ1) is 12.7. The minimum atomic E-state index is -4.02. The van der Waals surface area contributed by atoms with E-state index in [4.69, 9.17) is 0 Å². The molecule has 1 aromatic carbocycles. The van der Waals surface area contributed by atoms with E-state index in [-0.39, 0.29) is 17.3 Å². The van der Waals surface area contributed by atoms with E-state index < -0.39 is 33.5 Å². The van der Waals surface area contributed by atoms with Crippen LogP contribution in [0, 0.1) is 5.82 Å². The fourth-order valence-corrected chi connectivity index (χ4v) is 4.59. The summed E-state index contributed by atoms with van der Waals surface area (Å²) in [6.07, 6.45) is 3.97. The summed E-state index contributed by atoms with van der Waals surface area (Å²) in [6.45, 7) is 0.646. The van der Waals surface area contributed by atoms with Crippen LogP contribution in [0.2, 0.25) is 0 Å². The normalized spacial score (nSPS) is 18.1. The Morgan fingerprint density at radius 1 is 1.19 bits per heavy atom. The van der Waals surface area contributed by atoms with Gasteiger partial charge in [0, 0.05) is 26.2 Å². The molecule has 0 atom stereocenters. The number of aromatic carboxylic acids is 1. The number of rotatable bonds is 6. The van der Waals surface area contributed by atoms with Crippen LogP contribution < -0.4 is 9.62 Å². The van der Waals surface area contributed by atoms with E-state index >= 15 is 0 Å². The van der Waals surface area contributed by atoms with E-state index in [1.54, 1.807) is 7.05 Å². The van der Waals surface area contributed by atoms with Crippen LogP contribution in [0.25, 0.3) is 0 Å². The standard InChI is InChI=1S/C17H22FN3O5S/c1-20(11-5-4-6-11)15-13(8-7-12(14(15)18)17(23)24)16(22)19-27(25,26)21-9-2-3-10-21/h7-8,11H,2-6,9-10H2,1H3,(H,19,22)(H,23,24). The number of carbonyl (C=O) groups excluding carboxylic acids is 1. The average molecular weight is 399 g/mol. The molecule has 1 aromatic rings. The number of anilines is 1. The zero-order chi connectivity index (χ0) is 19.8. The Morgan fingerprint density at radius 3 is 2.30 bits per heavy atom. The van der Waals surface area contributed by atoms with Crippen molar-refractivity contribution >= 4 is 27.8 Å². The summed E-state index contributed by atoms with van der Waals surface area (Å²) in [7, 11) is -2.44. The molecular formula is C17H22FN3O5S. The summed E-state index contributed by atoms with van der Waals surface area (Å²) in [6, 6.07) is 2.12. The molecule has 0 unspecified atom stereocenters. The summed E-state index contributed by atoms with van der Waals surface area (Å²) in [5, 5.41) is 9.18. The lowest BCUT2D eigenvalue weighted by Gasteiger charge is -2.37. The zero-order valence-corrected chi connectivity index (χ0v) is 15.8.